The molecule has 0 saturated heterocycles. The lowest BCUT2D eigenvalue weighted by Crippen LogP contribution is -2.31. The van der Waals surface area contributed by atoms with Gasteiger partial charge in [-0.3, -0.25) is 29.3 Å². The summed E-state index contributed by atoms with van der Waals surface area (Å²) in [5.41, 5.74) is 0.362. The van der Waals surface area contributed by atoms with E-state index in [0.29, 0.717) is 11.3 Å². The number of sulfonamides is 1. The molecule has 0 aliphatic carbocycles. The molecule has 0 spiro atoms. The van der Waals surface area contributed by atoms with E-state index in [1.165, 1.54) is 43.3 Å². The van der Waals surface area contributed by atoms with Crippen molar-refractivity contribution in [3.63, 3.8) is 0 Å². The summed E-state index contributed by atoms with van der Waals surface area (Å²) in [4.78, 5) is 33.0. The van der Waals surface area contributed by atoms with E-state index in [9.17, 15) is 33.4 Å². The molecule has 0 atom stereocenters. The van der Waals surface area contributed by atoms with Gasteiger partial charge in [0.05, 0.1) is 33.0 Å². The smallest absolute Gasteiger partial charge is 0.274 e. The number of nitro benzene ring substituents is 2. The highest BCUT2D eigenvalue weighted by Crippen LogP contribution is 2.26. The number of non-ortho nitro benzene ring substituents is 1. The molecule has 11 nitrogen and oxygen atoms in total. The highest BCUT2D eigenvalue weighted by molar-refractivity contribution is 7.92. The second-order valence-corrected chi connectivity index (χ2v) is 8.38. The van der Waals surface area contributed by atoms with Crippen LogP contribution in [0.1, 0.15) is 18.4 Å². The summed E-state index contributed by atoms with van der Waals surface area (Å²) in [6, 6.07) is 9.52. The quantitative estimate of drug-likeness (QED) is 0.468. The number of carbonyl (C=O) groups is 1. The number of nitrogens with one attached hydrogen (secondary N) is 1. The van der Waals surface area contributed by atoms with E-state index in [-0.39, 0.29) is 36.4 Å². The third-order valence-corrected chi connectivity index (χ3v) is 5.46. The van der Waals surface area contributed by atoms with Gasteiger partial charge in [-0.15, -0.1) is 0 Å². The van der Waals surface area contributed by atoms with E-state index in [0.717, 1.165) is 16.6 Å². The number of nitro groups is 2. The van der Waals surface area contributed by atoms with Gasteiger partial charge in [-0.05, 0) is 25.5 Å². The van der Waals surface area contributed by atoms with Crippen molar-refractivity contribution in [3.05, 3.63) is 68.3 Å². The predicted octanol–water partition coefficient (Wildman–Crippen LogP) is 3.00. The van der Waals surface area contributed by atoms with Crippen LogP contribution in [0.2, 0.25) is 0 Å². The van der Waals surface area contributed by atoms with Gasteiger partial charge in [0.2, 0.25) is 15.9 Å². The minimum absolute atomic E-state index is 0.0525. The van der Waals surface area contributed by atoms with E-state index in [4.69, 9.17) is 0 Å². The molecule has 0 fully saturated rings. The molecule has 0 radical (unpaired) electrons. The van der Waals surface area contributed by atoms with Crippen molar-refractivity contribution in [2.45, 2.75) is 19.8 Å². The summed E-state index contributed by atoms with van der Waals surface area (Å²) in [5, 5.41) is 24.5. The van der Waals surface area contributed by atoms with E-state index >= 15 is 0 Å². The number of nitrogens with zero attached hydrogens (tertiary/aromatic N) is 3. The third kappa shape index (κ3) is 5.73. The number of carbonyl (C=O) groups excluding carboxylic acids is 1. The van der Waals surface area contributed by atoms with Crippen molar-refractivity contribution in [2.24, 2.45) is 0 Å². The minimum Gasteiger partial charge on any atom is -0.326 e. The van der Waals surface area contributed by atoms with Crippen molar-refractivity contribution in [1.82, 2.24) is 0 Å². The van der Waals surface area contributed by atoms with Gasteiger partial charge in [0.15, 0.2) is 0 Å². The summed E-state index contributed by atoms with van der Waals surface area (Å²) >= 11 is 0. The van der Waals surface area contributed by atoms with Crippen LogP contribution in [0.3, 0.4) is 0 Å². The number of rotatable bonds is 9. The van der Waals surface area contributed by atoms with Crippen LogP contribution in [0.15, 0.2) is 42.5 Å². The molecule has 1 amide bonds. The summed E-state index contributed by atoms with van der Waals surface area (Å²) in [7, 11) is -3.74. The van der Waals surface area contributed by atoms with Crippen LogP contribution in [0, 0.1) is 27.2 Å². The van der Waals surface area contributed by atoms with E-state index in [1.807, 2.05) is 0 Å². The summed E-state index contributed by atoms with van der Waals surface area (Å²) in [6.07, 6.45) is 1.05. The molecule has 0 unspecified atom stereocenters. The Morgan fingerprint density at radius 1 is 1.10 bits per heavy atom. The standard InChI is InChI=1S/C18H20N4O7S/c1-13-16(8-4-9-17(13)22(26)27)19-18(23)10-5-11-20(30(2,28)29)14-6-3-7-15(12-14)21(24)25/h3-4,6-9,12H,5,10-11H2,1-2H3,(H,19,23). The maximum absolute atomic E-state index is 12.2. The van der Waals surface area contributed by atoms with Crippen LogP contribution in [-0.4, -0.2) is 37.0 Å². The number of anilines is 2. The number of hydrogen-bond donors (Lipinski definition) is 1. The highest BCUT2D eigenvalue weighted by atomic mass is 32.2. The third-order valence-electron chi connectivity index (χ3n) is 4.27. The number of benzene rings is 2. The summed E-state index contributed by atoms with van der Waals surface area (Å²) in [5.74, 6) is -0.439. The lowest BCUT2D eigenvalue weighted by atomic mass is 10.1. The van der Waals surface area contributed by atoms with Gasteiger partial charge in [0.1, 0.15) is 0 Å². The molecule has 0 aliphatic rings. The molecule has 0 aromatic heterocycles. The van der Waals surface area contributed by atoms with E-state index in [2.05, 4.69) is 5.32 Å². The molecule has 12 heteroatoms. The van der Waals surface area contributed by atoms with Gasteiger partial charge in [0.25, 0.3) is 11.4 Å². The first kappa shape index (κ1) is 22.7. The van der Waals surface area contributed by atoms with Crippen LogP contribution in [0.25, 0.3) is 0 Å². The zero-order chi connectivity index (χ0) is 22.5. The maximum atomic E-state index is 12.2. The van der Waals surface area contributed by atoms with Gasteiger partial charge in [-0.25, -0.2) is 8.42 Å². The molecule has 0 saturated carbocycles. The van der Waals surface area contributed by atoms with Gasteiger partial charge in [-0.1, -0.05) is 12.1 Å². The van der Waals surface area contributed by atoms with Gasteiger partial charge >= 0.3 is 0 Å². The molecule has 0 aliphatic heterocycles. The van der Waals surface area contributed by atoms with E-state index < -0.39 is 25.8 Å². The SMILES string of the molecule is Cc1c(NC(=O)CCCN(c2cccc([N+](=O)[O-])c2)S(C)(=O)=O)cccc1[N+](=O)[O-]. The molecule has 160 valence electrons. The van der Waals surface area contributed by atoms with Gasteiger partial charge in [-0.2, -0.15) is 0 Å². The Morgan fingerprint density at radius 2 is 1.77 bits per heavy atom. The van der Waals surface area contributed by atoms with Crippen molar-refractivity contribution >= 4 is 38.7 Å². The van der Waals surface area contributed by atoms with Crippen molar-refractivity contribution in [1.29, 1.82) is 0 Å². The fourth-order valence-corrected chi connectivity index (χ4v) is 3.76. The highest BCUT2D eigenvalue weighted by Gasteiger charge is 2.20. The Bertz CT molecular complexity index is 1090. The van der Waals surface area contributed by atoms with Crippen LogP contribution < -0.4 is 9.62 Å². The second-order valence-electron chi connectivity index (χ2n) is 6.47. The molecule has 2 rings (SSSR count). The lowest BCUT2D eigenvalue weighted by Gasteiger charge is -2.22. The second kappa shape index (κ2) is 9.31. The largest absolute Gasteiger partial charge is 0.326 e. The van der Waals surface area contributed by atoms with Gasteiger partial charge in [0, 0.05) is 31.2 Å². The van der Waals surface area contributed by atoms with Crippen LogP contribution in [0.5, 0.6) is 0 Å². The topological polar surface area (TPSA) is 153 Å². The molecule has 2 aromatic carbocycles. The fourth-order valence-electron chi connectivity index (χ4n) is 2.80. The molecule has 30 heavy (non-hydrogen) atoms. The average molecular weight is 436 g/mol. The first-order chi connectivity index (χ1) is 14.0. The Balaban J connectivity index is 2.07. The van der Waals surface area contributed by atoms with Crippen molar-refractivity contribution in [3.8, 4) is 0 Å². The van der Waals surface area contributed by atoms with Gasteiger partial charge < -0.3 is 5.32 Å². The average Bonchev–Trinajstić information content (AvgIpc) is 2.65. The number of hydrogen-bond acceptors (Lipinski definition) is 7. The first-order valence-corrected chi connectivity index (χ1v) is 10.6. The Morgan fingerprint density at radius 3 is 2.37 bits per heavy atom. The first-order valence-electron chi connectivity index (χ1n) is 8.76. The molecule has 2 aromatic rings. The normalized spacial score (nSPS) is 11.0. The zero-order valence-electron chi connectivity index (χ0n) is 16.3. The number of amides is 1. The Hall–Kier alpha value is -3.54. The molecular weight excluding hydrogens is 416 g/mol. The van der Waals surface area contributed by atoms with Crippen molar-refractivity contribution < 1.29 is 23.1 Å². The van der Waals surface area contributed by atoms with E-state index in [1.54, 1.807) is 0 Å². The van der Waals surface area contributed by atoms with Crippen LogP contribution in [0.4, 0.5) is 22.7 Å². The molecule has 1 N–H and O–H groups in total. The summed E-state index contributed by atoms with van der Waals surface area (Å²) in [6.45, 7) is 1.45. The molecular formula is C18H20N4O7S. The maximum Gasteiger partial charge on any atom is 0.274 e. The van der Waals surface area contributed by atoms with Crippen LogP contribution >= 0.6 is 0 Å². The zero-order valence-corrected chi connectivity index (χ0v) is 17.1. The lowest BCUT2D eigenvalue weighted by molar-refractivity contribution is -0.385. The monoisotopic (exact) mass is 436 g/mol. The predicted molar refractivity (Wildman–Crippen MR) is 111 cm³/mol. The molecule has 0 heterocycles. The van der Waals surface area contributed by atoms with Crippen LogP contribution in [-0.2, 0) is 14.8 Å². The van der Waals surface area contributed by atoms with Crippen molar-refractivity contribution in [2.75, 3.05) is 22.4 Å². The minimum atomic E-state index is -3.74. The summed E-state index contributed by atoms with van der Waals surface area (Å²) < 4.78 is 25.2. The fraction of sp³-hybridized carbons (Fsp3) is 0.278. The Labute approximate surface area is 172 Å². The molecule has 0 bridgehead atoms. The Kier molecular flexibility index (Phi) is 7.06.